The van der Waals surface area contributed by atoms with E-state index in [9.17, 15) is 19.2 Å². The SMILES string of the molecule is COc1cccc(NC(=O)Cn2c(=O)n(-c3ccc(CC(=O)NC(C)C)cc3)c(=O)c3ccccc32)c1. The van der Waals surface area contributed by atoms with E-state index in [1.807, 2.05) is 13.8 Å². The number of methoxy groups -OCH3 is 1. The Morgan fingerprint density at radius 2 is 1.65 bits per heavy atom. The number of carbonyl (C=O) groups is 2. The van der Waals surface area contributed by atoms with Crippen molar-refractivity contribution in [3.05, 3.63) is 99.2 Å². The van der Waals surface area contributed by atoms with E-state index in [0.29, 0.717) is 28.0 Å². The number of aromatic nitrogens is 2. The Labute approximate surface area is 213 Å². The van der Waals surface area contributed by atoms with Crippen molar-refractivity contribution in [2.45, 2.75) is 32.9 Å². The molecule has 0 saturated heterocycles. The summed E-state index contributed by atoms with van der Waals surface area (Å²) in [5.74, 6) is 0.0337. The number of carbonyl (C=O) groups excluding carboxylic acids is 2. The first-order chi connectivity index (χ1) is 17.8. The van der Waals surface area contributed by atoms with Gasteiger partial charge < -0.3 is 15.4 Å². The van der Waals surface area contributed by atoms with Crippen LogP contribution in [-0.2, 0) is 22.6 Å². The molecule has 2 amide bonds. The zero-order valence-electron chi connectivity index (χ0n) is 20.9. The van der Waals surface area contributed by atoms with Crippen molar-refractivity contribution in [1.82, 2.24) is 14.5 Å². The van der Waals surface area contributed by atoms with Crippen molar-refractivity contribution in [1.29, 1.82) is 0 Å². The average molecular weight is 501 g/mol. The number of nitrogens with one attached hydrogen (secondary N) is 2. The monoisotopic (exact) mass is 500 g/mol. The Morgan fingerprint density at radius 1 is 0.919 bits per heavy atom. The molecule has 0 radical (unpaired) electrons. The van der Waals surface area contributed by atoms with Gasteiger partial charge in [-0.3, -0.25) is 19.0 Å². The summed E-state index contributed by atoms with van der Waals surface area (Å²) in [5.41, 5.74) is 0.832. The quantitative estimate of drug-likeness (QED) is 0.387. The molecular formula is C28H28N4O5. The fraction of sp³-hybridized carbons (Fsp3) is 0.214. The Bertz CT molecular complexity index is 1570. The van der Waals surface area contributed by atoms with Crippen LogP contribution in [0, 0.1) is 0 Å². The van der Waals surface area contributed by atoms with Gasteiger partial charge in [0.1, 0.15) is 12.3 Å². The molecule has 0 aliphatic carbocycles. The van der Waals surface area contributed by atoms with Gasteiger partial charge in [0.25, 0.3) is 5.56 Å². The molecule has 1 aromatic heterocycles. The maximum absolute atomic E-state index is 13.5. The van der Waals surface area contributed by atoms with Crippen molar-refractivity contribution in [3.63, 3.8) is 0 Å². The fourth-order valence-electron chi connectivity index (χ4n) is 4.07. The zero-order valence-corrected chi connectivity index (χ0v) is 20.9. The standard InChI is InChI=1S/C28H28N4O5/c1-18(2)29-25(33)15-19-11-13-21(14-12-19)32-27(35)23-9-4-5-10-24(23)31(28(32)36)17-26(34)30-20-7-6-8-22(16-20)37-3/h4-14,16,18H,15,17H2,1-3H3,(H,29,33)(H,30,34). The van der Waals surface area contributed by atoms with Crippen LogP contribution in [0.1, 0.15) is 19.4 Å². The average Bonchev–Trinajstić information content (AvgIpc) is 2.87. The highest BCUT2D eigenvalue weighted by Crippen LogP contribution is 2.17. The summed E-state index contributed by atoms with van der Waals surface area (Å²) in [5, 5.41) is 5.90. The van der Waals surface area contributed by atoms with Crippen LogP contribution in [-0.4, -0.2) is 34.1 Å². The van der Waals surface area contributed by atoms with Crippen molar-refractivity contribution in [3.8, 4) is 11.4 Å². The molecule has 37 heavy (non-hydrogen) atoms. The van der Waals surface area contributed by atoms with Gasteiger partial charge in [-0.15, -0.1) is 0 Å². The maximum atomic E-state index is 13.5. The van der Waals surface area contributed by atoms with Gasteiger partial charge in [0.05, 0.1) is 30.1 Å². The molecule has 2 N–H and O–H groups in total. The summed E-state index contributed by atoms with van der Waals surface area (Å²) >= 11 is 0. The third-order valence-corrected chi connectivity index (χ3v) is 5.71. The molecule has 0 bridgehead atoms. The highest BCUT2D eigenvalue weighted by Gasteiger charge is 2.17. The lowest BCUT2D eigenvalue weighted by Crippen LogP contribution is -2.40. The zero-order chi connectivity index (χ0) is 26.5. The minimum absolute atomic E-state index is 0.0301. The van der Waals surface area contributed by atoms with Gasteiger partial charge in [0, 0.05) is 17.8 Å². The second-order valence-corrected chi connectivity index (χ2v) is 8.87. The number of rotatable bonds is 8. The maximum Gasteiger partial charge on any atom is 0.336 e. The molecule has 190 valence electrons. The highest BCUT2D eigenvalue weighted by molar-refractivity contribution is 5.92. The predicted molar refractivity (Wildman–Crippen MR) is 142 cm³/mol. The second-order valence-electron chi connectivity index (χ2n) is 8.87. The van der Waals surface area contributed by atoms with E-state index < -0.39 is 17.2 Å². The van der Waals surface area contributed by atoms with Gasteiger partial charge >= 0.3 is 5.69 Å². The summed E-state index contributed by atoms with van der Waals surface area (Å²) in [6, 6.07) is 20.2. The first kappa shape index (κ1) is 25.4. The second kappa shape index (κ2) is 10.9. The third-order valence-electron chi connectivity index (χ3n) is 5.71. The van der Waals surface area contributed by atoms with E-state index in [4.69, 9.17) is 4.74 Å². The van der Waals surface area contributed by atoms with Gasteiger partial charge in [-0.2, -0.15) is 0 Å². The molecular weight excluding hydrogens is 472 g/mol. The highest BCUT2D eigenvalue weighted by atomic mass is 16.5. The van der Waals surface area contributed by atoms with Crippen molar-refractivity contribution < 1.29 is 14.3 Å². The number of fused-ring (bicyclic) bond motifs is 1. The molecule has 0 fully saturated rings. The lowest BCUT2D eigenvalue weighted by atomic mass is 10.1. The molecule has 0 aliphatic heterocycles. The first-order valence-electron chi connectivity index (χ1n) is 11.8. The summed E-state index contributed by atoms with van der Waals surface area (Å²) in [4.78, 5) is 51.8. The minimum Gasteiger partial charge on any atom is -0.497 e. The molecule has 1 heterocycles. The van der Waals surface area contributed by atoms with Crippen LogP contribution in [0.25, 0.3) is 16.6 Å². The van der Waals surface area contributed by atoms with Crippen molar-refractivity contribution in [2.24, 2.45) is 0 Å². The minimum atomic E-state index is -0.644. The Kier molecular flexibility index (Phi) is 7.52. The van der Waals surface area contributed by atoms with Gasteiger partial charge in [-0.05, 0) is 55.8 Å². The van der Waals surface area contributed by atoms with Crippen molar-refractivity contribution in [2.75, 3.05) is 12.4 Å². The molecule has 0 saturated carbocycles. The Hall–Kier alpha value is -4.66. The summed E-state index contributed by atoms with van der Waals surface area (Å²) in [6.45, 7) is 3.47. The molecule has 4 aromatic rings. The number of amides is 2. The van der Waals surface area contributed by atoms with E-state index in [-0.39, 0.29) is 24.9 Å². The number of para-hydroxylation sites is 1. The molecule has 0 aliphatic rings. The number of benzene rings is 3. The summed E-state index contributed by atoms with van der Waals surface area (Å²) in [7, 11) is 1.53. The molecule has 3 aromatic carbocycles. The lowest BCUT2D eigenvalue weighted by molar-refractivity contribution is -0.121. The first-order valence-corrected chi connectivity index (χ1v) is 11.8. The van der Waals surface area contributed by atoms with Crippen LogP contribution >= 0.6 is 0 Å². The molecule has 0 unspecified atom stereocenters. The van der Waals surface area contributed by atoms with E-state index in [1.54, 1.807) is 72.8 Å². The smallest absolute Gasteiger partial charge is 0.336 e. The number of hydrogen-bond donors (Lipinski definition) is 2. The predicted octanol–water partition coefficient (Wildman–Crippen LogP) is 2.87. The molecule has 0 atom stereocenters. The summed E-state index contributed by atoms with van der Waals surface area (Å²) in [6.07, 6.45) is 0.180. The van der Waals surface area contributed by atoms with E-state index >= 15 is 0 Å². The molecule has 4 rings (SSSR count). The molecule has 9 nitrogen and oxygen atoms in total. The molecule has 9 heteroatoms. The third kappa shape index (κ3) is 5.78. The Balaban J connectivity index is 1.69. The topological polar surface area (TPSA) is 111 Å². The van der Waals surface area contributed by atoms with Crippen LogP contribution < -0.4 is 26.6 Å². The van der Waals surface area contributed by atoms with E-state index in [1.165, 1.54) is 11.7 Å². The largest absolute Gasteiger partial charge is 0.497 e. The van der Waals surface area contributed by atoms with E-state index in [2.05, 4.69) is 10.6 Å². The van der Waals surface area contributed by atoms with Gasteiger partial charge in [-0.1, -0.05) is 30.3 Å². The normalized spacial score (nSPS) is 10.9. The van der Waals surface area contributed by atoms with Gasteiger partial charge in [-0.25, -0.2) is 9.36 Å². The van der Waals surface area contributed by atoms with Crippen molar-refractivity contribution >= 4 is 28.4 Å². The van der Waals surface area contributed by atoms with Crippen LogP contribution in [0.2, 0.25) is 0 Å². The van der Waals surface area contributed by atoms with Crippen LogP contribution in [0.15, 0.2) is 82.4 Å². The lowest BCUT2D eigenvalue weighted by Gasteiger charge is -2.15. The van der Waals surface area contributed by atoms with Gasteiger partial charge in [0.2, 0.25) is 11.8 Å². The molecule has 0 spiro atoms. The van der Waals surface area contributed by atoms with Crippen LogP contribution in [0.3, 0.4) is 0 Å². The number of hydrogen-bond acceptors (Lipinski definition) is 5. The summed E-state index contributed by atoms with van der Waals surface area (Å²) < 4.78 is 7.50. The fourth-order valence-corrected chi connectivity index (χ4v) is 4.07. The van der Waals surface area contributed by atoms with Gasteiger partial charge in [0.15, 0.2) is 0 Å². The number of nitrogens with zero attached hydrogens (tertiary/aromatic N) is 2. The number of anilines is 1. The number of ether oxygens (including phenoxy) is 1. The van der Waals surface area contributed by atoms with E-state index in [0.717, 1.165) is 10.1 Å². The Morgan fingerprint density at radius 3 is 2.35 bits per heavy atom. The van der Waals surface area contributed by atoms with Crippen LogP contribution in [0.5, 0.6) is 5.75 Å². The van der Waals surface area contributed by atoms with Crippen LogP contribution in [0.4, 0.5) is 5.69 Å².